The maximum Gasteiger partial charge on any atom is 0.389 e. The van der Waals surface area contributed by atoms with Crippen molar-refractivity contribution in [1.29, 1.82) is 0 Å². The van der Waals surface area contributed by atoms with Gasteiger partial charge in [0.2, 0.25) is 5.91 Å². The minimum Gasteiger partial charge on any atom is -0.369 e. The molecule has 0 spiro atoms. The highest BCUT2D eigenvalue weighted by Crippen LogP contribution is 2.20. The molecule has 0 aliphatic carbocycles. The number of alkyl halides is 3. The molecule has 0 aliphatic rings. The van der Waals surface area contributed by atoms with Crippen molar-refractivity contribution in [2.45, 2.75) is 39.0 Å². The molecular formula is C9H16F3NO2. The summed E-state index contributed by atoms with van der Waals surface area (Å²) in [6, 6.07) is 0. The fraction of sp³-hybridized carbons (Fsp3) is 0.889. The van der Waals surface area contributed by atoms with Crippen molar-refractivity contribution in [3.05, 3.63) is 0 Å². The van der Waals surface area contributed by atoms with Crippen molar-refractivity contribution in [3.8, 4) is 0 Å². The molecule has 6 heteroatoms. The second kappa shape index (κ2) is 6.66. The van der Waals surface area contributed by atoms with Crippen molar-refractivity contribution in [3.63, 3.8) is 0 Å². The molecule has 0 fully saturated rings. The summed E-state index contributed by atoms with van der Waals surface area (Å²) in [5.41, 5.74) is 0. The van der Waals surface area contributed by atoms with E-state index >= 15 is 0 Å². The Hall–Kier alpha value is -0.780. The van der Waals surface area contributed by atoms with Crippen LogP contribution in [0.15, 0.2) is 0 Å². The van der Waals surface area contributed by atoms with E-state index in [0.717, 1.165) is 0 Å². The summed E-state index contributed by atoms with van der Waals surface area (Å²) in [6.07, 6.45) is -5.19. The Morgan fingerprint density at radius 2 is 2.00 bits per heavy atom. The molecular weight excluding hydrogens is 211 g/mol. The van der Waals surface area contributed by atoms with E-state index in [4.69, 9.17) is 4.74 Å². The van der Waals surface area contributed by atoms with Crippen LogP contribution in [0.1, 0.15) is 26.7 Å². The summed E-state index contributed by atoms with van der Waals surface area (Å²) in [7, 11) is 0. The Balaban J connectivity index is 3.40. The molecule has 0 aromatic rings. The van der Waals surface area contributed by atoms with Crippen LogP contribution >= 0.6 is 0 Å². The first-order chi connectivity index (χ1) is 6.81. The normalized spacial score (nSPS) is 11.9. The number of hydrogen-bond donors (Lipinski definition) is 1. The molecule has 0 bridgehead atoms. The highest BCUT2D eigenvalue weighted by Gasteiger charge is 2.25. The van der Waals surface area contributed by atoms with Gasteiger partial charge in [0.15, 0.2) is 0 Å². The van der Waals surface area contributed by atoms with Crippen LogP contribution in [0.4, 0.5) is 13.2 Å². The second-order valence-electron chi connectivity index (χ2n) is 3.43. The summed E-state index contributed by atoms with van der Waals surface area (Å²) >= 11 is 0. The van der Waals surface area contributed by atoms with E-state index in [1.807, 2.05) is 0 Å². The Morgan fingerprint density at radius 3 is 2.47 bits per heavy atom. The van der Waals surface area contributed by atoms with Gasteiger partial charge in [0.25, 0.3) is 0 Å². The van der Waals surface area contributed by atoms with E-state index in [0.29, 0.717) is 0 Å². The Labute approximate surface area is 87.0 Å². The Bertz CT molecular complexity index is 192. The van der Waals surface area contributed by atoms with Crippen molar-refractivity contribution in [1.82, 2.24) is 5.32 Å². The van der Waals surface area contributed by atoms with Gasteiger partial charge < -0.3 is 10.1 Å². The van der Waals surface area contributed by atoms with E-state index in [-0.39, 0.29) is 31.6 Å². The van der Waals surface area contributed by atoms with Crippen molar-refractivity contribution >= 4 is 5.91 Å². The lowest BCUT2D eigenvalue weighted by atomic mass is 10.3. The second-order valence-corrected chi connectivity index (χ2v) is 3.43. The molecule has 1 N–H and O–H groups in total. The lowest BCUT2D eigenvalue weighted by molar-refractivity contribution is -0.136. The first-order valence-corrected chi connectivity index (χ1v) is 4.76. The molecule has 0 rings (SSSR count). The molecule has 0 aliphatic heterocycles. The predicted octanol–water partition coefficient (Wildman–Crippen LogP) is 1.87. The summed E-state index contributed by atoms with van der Waals surface area (Å²) in [5.74, 6) is -0.383. The highest BCUT2D eigenvalue weighted by molar-refractivity contribution is 5.77. The largest absolute Gasteiger partial charge is 0.389 e. The fourth-order valence-electron chi connectivity index (χ4n) is 0.810. The summed E-state index contributed by atoms with van der Waals surface area (Å²) in [5, 5.41) is 2.35. The summed E-state index contributed by atoms with van der Waals surface area (Å²) < 4.78 is 40.1. The minimum atomic E-state index is -4.15. The number of hydrogen-bond acceptors (Lipinski definition) is 2. The van der Waals surface area contributed by atoms with Crippen LogP contribution in [-0.4, -0.2) is 31.3 Å². The van der Waals surface area contributed by atoms with Gasteiger partial charge in [-0.2, -0.15) is 13.2 Å². The summed E-state index contributed by atoms with van der Waals surface area (Å²) in [6.45, 7) is 3.47. The van der Waals surface area contributed by atoms with Crippen LogP contribution in [-0.2, 0) is 9.53 Å². The zero-order valence-electron chi connectivity index (χ0n) is 8.86. The molecule has 0 heterocycles. The number of carbonyl (C=O) groups is 1. The molecule has 3 nitrogen and oxygen atoms in total. The third kappa shape index (κ3) is 11.1. The Kier molecular flexibility index (Phi) is 6.31. The topological polar surface area (TPSA) is 38.3 Å². The first-order valence-electron chi connectivity index (χ1n) is 4.76. The van der Waals surface area contributed by atoms with Crippen molar-refractivity contribution < 1.29 is 22.7 Å². The standard InChI is InChI=1S/C9H16F3NO2/c1-7(2)15-6-8(14)13-5-3-4-9(10,11)12/h7H,3-6H2,1-2H3,(H,13,14). The molecule has 0 radical (unpaired) electrons. The first kappa shape index (κ1) is 14.2. The number of amides is 1. The average molecular weight is 227 g/mol. The molecule has 0 aromatic carbocycles. The predicted molar refractivity (Wildman–Crippen MR) is 49.4 cm³/mol. The zero-order chi connectivity index (χ0) is 11.9. The maximum atomic E-state index is 11.7. The molecule has 0 saturated carbocycles. The van der Waals surface area contributed by atoms with E-state index in [9.17, 15) is 18.0 Å². The molecule has 15 heavy (non-hydrogen) atoms. The van der Waals surface area contributed by atoms with Crippen LogP contribution < -0.4 is 5.32 Å². The molecule has 90 valence electrons. The molecule has 1 amide bonds. The zero-order valence-corrected chi connectivity index (χ0v) is 8.86. The average Bonchev–Trinajstić information content (AvgIpc) is 2.07. The third-order valence-electron chi connectivity index (χ3n) is 1.51. The van der Waals surface area contributed by atoms with Crippen LogP contribution in [0, 0.1) is 0 Å². The van der Waals surface area contributed by atoms with Gasteiger partial charge in [0.1, 0.15) is 6.61 Å². The molecule has 0 atom stereocenters. The van der Waals surface area contributed by atoms with Crippen molar-refractivity contribution in [2.75, 3.05) is 13.2 Å². The number of carbonyl (C=O) groups excluding carboxylic acids is 1. The smallest absolute Gasteiger partial charge is 0.369 e. The SMILES string of the molecule is CC(C)OCC(=O)NCCCC(F)(F)F. The quantitative estimate of drug-likeness (QED) is 0.703. The lowest BCUT2D eigenvalue weighted by Crippen LogP contribution is -2.30. The highest BCUT2D eigenvalue weighted by atomic mass is 19.4. The van der Waals surface area contributed by atoms with Gasteiger partial charge in [-0.15, -0.1) is 0 Å². The monoisotopic (exact) mass is 227 g/mol. The fourth-order valence-corrected chi connectivity index (χ4v) is 0.810. The number of rotatable bonds is 6. The van der Waals surface area contributed by atoms with E-state index in [2.05, 4.69) is 5.32 Å². The number of nitrogens with one attached hydrogen (secondary N) is 1. The molecule has 0 saturated heterocycles. The van der Waals surface area contributed by atoms with Gasteiger partial charge in [0.05, 0.1) is 6.10 Å². The van der Waals surface area contributed by atoms with Gasteiger partial charge in [0, 0.05) is 13.0 Å². The lowest BCUT2D eigenvalue weighted by Gasteiger charge is -2.09. The van der Waals surface area contributed by atoms with Crippen LogP contribution in [0.3, 0.4) is 0 Å². The van der Waals surface area contributed by atoms with E-state index < -0.39 is 12.6 Å². The molecule has 0 aromatic heterocycles. The number of halogens is 3. The molecule has 0 unspecified atom stereocenters. The van der Waals surface area contributed by atoms with E-state index in [1.54, 1.807) is 13.8 Å². The number of ether oxygens (including phenoxy) is 1. The third-order valence-corrected chi connectivity index (χ3v) is 1.51. The maximum absolute atomic E-state index is 11.7. The van der Waals surface area contributed by atoms with Gasteiger partial charge in [-0.3, -0.25) is 4.79 Å². The van der Waals surface area contributed by atoms with Gasteiger partial charge in [-0.1, -0.05) is 0 Å². The Morgan fingerprint density at radius 1 is 1.40 bits per heavy atom. The minimum absolute atomic E-state index is 0.0276. The van der Waals surface area contributed by atoms with Crippen LogP contribution in [0.25, 0.3) is 0 Å². The van der Waals surface area contributed by atoms with Gasteiger partial charge >= 0.3 is 6.18 Å². The van der Waals surface area contributed by atoms with Crippen LogP contribution in [0.2, 0.25) is 0 Å². The van der Waals surface area contributed by atoms with Crippen LogP contribution in [0.5, 0.6) is 0 Å². The summed E-state index contributed by atoms with van der Waals surface area (Å²) in [4.78, 5) is 11.0. The van der Waals surface area contributed by atoms with Gasteiger partial charge in [-0.25, -0.2) is 0 Å². The van der Waals surface area contributed by atoms with Gasteiger partial charge in [-0.05, 0) is 20.3 Å². The van der Waals surface area contributed by atoms with Crippen molar-refractivity contribution in [2.24, 2.45) is 0 Å². The van der Waals surface area contributed by atoms with E-state index in [1.165, 1.54) is 0 Å².